The molecule has 6 heteroatoms. The molecule has 5 nitrogen and oxygen atoms in total. The number of hydrogen-bond donors (Lipinski definition) is 1. The van der Waals surface area contributed by atoms with Crippen LogP contribution in [0.2, 0.25) is 0 Å². The third-order valence-corrected chi connectivity index (χ3v) is 2.47. The Kier molecular flexibility index (Phi) is 8.90. The first kappa shape index (κ1) is 16.8. The van der Waals surface area contributed by atoms with E-state index in [1.807, 2.05) is 0 Å². The molecule has 1 aromatic rings. The molecular weight excluding hydrogens is 267 g/mol. The summed E-state index contributed by atoms with van der Waals surface area (Å²) in [5, 5.41) is 8.86. The van der Waals surface area contributed by atoms with Crippen molar-refractivity contribution in [1.29, 1.82) is 0 Å². The van der Waals surface area contributed by atoms with Crippen molar-refractivity contribution in [1.82, 2.24) is 0 Å². The van der Waals surface area contributed by atoms with E-state index in [9.17, 15) is 4.39 Å². The molecule has 0 radical (unpaired) electrons. The molecule has 0 aliphatic carbocycles. The summed E-state index contributed by atoms with van der Waals surface area (Å²) < 4.78 is 34.0. The van der Waals surface area contributed by atoms with Gasteiger partial charge in [-0.3, -0.25) is 0 Å². The van der Waals surface area contributed by atoms with Gasteiger partial charge in [-0.05, 0) is 17.7 Å². The van der Waals surface area contributed by atoms with Gasteiger partial charge in [-0.15, -0.1) is 0 Å². The van der Waals surface area contributed by atoms with E-state index in [0.29, 0.717) is 38.6 Å². The molecule has 0 atom stereocenters. The minimum absolute atomic E-state index is 0.155. The molecule has 0 bridgehead atoms. The molecule has 20 heavy (non-hydrogen) atoms. The molecule has 1 N–H and O–H groups in total. The second-order valence-electron chi connectivity index (χ2n) is 3.99. The van der Waals surface area contributed by atoms with Crippen molar-refractivity contribution in [2.24, 2.45) is 0 Å². The van der Waals surface area contributed by atoms with Crippen molar-refractivity contribution in [2.75, 3.05) is 46.8 Å². The van der Waals surface area contributed by atoms with Crippen LogP contribution in [0.3, 0.4) is 0 Å². The molecule has 0 fully saturated rings. The van der Waals surface area contributed by atoms with E-state index >= 15 is 0 Å². The van der Waals surface area contributed by atoms with Gasteiger partial charge >= 0.3 is 0 Å². The van der Waals surface area contributed by atoms with Crippen molar-refractivity contribution in [3.8, 4) is 5.75 Å². The van der Waals surface area contributed by atoms with Crippen molar-refractivity contribution in [3.63, 3.8) is 0 Å². The second-order valence-corrected chi connectivity index (χ2v) is 3.99. The number of hydrogen-bond acceptors (Lipinski definition) is 5. The number of rotatable bonds is 11. The largest absolute Gasteiger partial charge is 0.488 e. The van der Waals surface area contributed by atoms with E-state index in [0.717, 1.165) is 0 Å². The van der Waals surface area contributed by atoms with E-state index in [2.05, 4.69) is 0 Å². The SMILES string of the molecule is COCCOCCOCCOc1ccc(CO)cc1F. The fraction of sp³-hybridized carbons (Fsp3) is 0.571. The van der Waals surface area contributed by atoms with Gasteiger partial charge in [0.25, 0.3) is 0 Å². The summed E-state index contributed by atoms with van der Waals surface area (Å²) in [6, 6.07) is 4.36. The smallest absolute Gasteiger partial charge is 0.165 e. The summed E-state index contributed by atoms with van der Waals surface area (Å²) in [6.45, 7) is 2.47. The van der Waals surface area contributed by atoms with Crippen LogP contribution in [-0.2, 0) is 20.8 Å². The van der Waals surface area contributed by atoms with E-state index in [1.165, 1.54) is 12.1 Å². The van der Waals surface area contributed by atoms with Crippen LogP contribution in [0.25, 0.3) is 0 Å². The Morgan fingerprint density at radius 3 is 2.25 bits per heavy atom. The van der Waals surface area contributed by atoms with Crippen molar-refractivity contribution < 1.29 is 28.4 Å². The summed E-state index contributed by atoms with van der Waals surface area (Å²) in [7, 11) is 1.61. The molecule has 1 rings (SSSR count). The molecule has 0 saturated heterocycles. The summed E-state index contributed by atoms with van der Waals surface area (Å²) in [6.07, 6.45) is 0. The Morgan fingerprint density at radius 1 is 1.00 bits per heavy atom. The van der Waals surface area contributed by atoms with Crippen LogP contribution >= 0.6 is 0 Å². The zero-order chi connectivity index (χ0) is 14.6. The minimum Gasteiger partial charge on any atom is -0.488 e. The number of ether oxygens (including phenoxy) is 4. The van der Waals surface area contributed by atoms with Crippen LogP contribution < -0.4 is 4.74 Å². The maximum absolute atomic E-state index is 13.5. The summed E-state index contributed by atoms with van der Waals surface area (Å²) >= 11 is 0. The van der Waals surface area contributed by atoms with Gasteiger partial charge in [-0.1, -0.05) is 6.07 Å². The molecule has 0 aliphatic rings. The van der Waals surface area contributed by atoms with Gasteiger partial charge < -0.3 is 24.1 Å². The molecule has 0 aliphatic heterocycles. The minimum atomic E-state index is -0.487. The fourth-order valence-electron chi connectivity index (χ4n) is 1.43. The van der Waals surface area contributed by atoms with Gasteiger partial charge in [0, 0.05) is 7.11 Å². The lowest BCUT2D eigenvalue weighted by Crippen LogP contribution is -2.12. The third kappa shape index (κ3) is 6.81. The fourth-order valence-corrected chi connectivity index (χ4v) is 1.43. The lowest BCUT2D eigenvalue weighted by Gasteiger charge is -2.09. The highest BCUT2D eigenvalue weighted by Gasteiger charge is 2.04. The number of methoxy groups -OCH3 is 1. The Morgan fingerprint density at radius 2 is 1.65 bits per heavy atom. The van der Waals surface area contributed by atoms with Gasteiger partial charge in [0.1, 0.15) is 6.61 Å². The maximum atomic E-state index is 13.5. The van der Waals surface area contributed by atoms with E-state index < -0.39 is 5.82 Å². The predicted molar refractivity (Wildman–Crippen MR) is 71.3 cm³/mol. The first-order chi connectivity index (χ1) is 9.77. The van der Waals surface area contributed by atoms with Crippen LogP contribution in [0.15, 0.2) is 18.2 Å². The van der Waals surface area contributed by atoms with Crippen molar-refractivity contribution >= 4 is 0 Å². The lowest BCUT2D eigenvalue weighted by molar-refractivity contribution is 0.0177. The zero-order valence-corrected chi connectivity index (χ0v) is 11.6. The molecule has 114 valence electrons. The highest BCUT2D eigenvalue weighted by molar-refractivity contribution is 5.28. The normalized spacial score (nSPS) is 10.8. The summed E-state index contributed by atoms with van der Waals surface area (Å²) in [5.41, 5.74) is 0.513. The molecule has 1 aromatic carbocycles. The third-order valence-electron chi connectivity index (χ3n) is 2.47. The number of halogens is 1. The molecule has 0 amide bonds. The number of benzene rings is 1. The van der Waals surface area contributed by atoms with E-state index in [4.69, 9.17) is 24.1 Å². The molecule has 0 saturated carbocycles. The van der Waals surface area contributed by atoms with Crippen molar-refractivity contribution in [2.45, 2.75) is 6.61 Å². The first-order valence-corrected chi connectivity index (χ1v) is 6.44. The van der Waals surface area contributed by atoms with Crippen LogP contribution in [0, 0.1) is 5.82 Å². The van der Waals surface area contributed by atoms with Crippen LogP contribution in [-0.4, -0.2) is 51.9 Å². The van der Waals surface area contributed by atoms with Crippen LogP contribution in [0.4, 0.5) is 4.39 Å². The monoisotopic (exact) mass is 288 g/mol. The molecule has 0 unspecified atom stereocenters. The van der Waals surface area contributed by atoms with Gasteiger partial charge in [0.2, 0.25) is 0 Å². The predicted octanol–water partition coefficient (Wildman–Crippen LogP) is 1.38. The molecule has 0 spiro atoms. The average Bonchev–Trinajstić information content (AvgIpc) is 2.47. The zero-order valence-electron chi connectivity index (χ0n) is 11.6. The highest BCUT2D eigenvalue weighted by atomic mass is 19.1. The maximum Gasteiger partial charge on any atom is 0.165 e. The Bertz CT molecular complexity index is 373. The van der Waals surface area contributed by atoms with Crippen molar-refractivity contribution in [3.05, 3.63) is 29.6 Å². The molecular formula is C14H21FO5. The van der Waals surface area contributed by atoms with Crippen LogP contribution in [0.5, 0.6) is 5.75 Å². The van der Waals surface area contributed by atoms with Gasteiger partial charge in [-0.25, -0.2) is 4.39 Å². The Hall–Kier alpha value is -1.21. The lowest BCUT2D eigenvalue weighted by atomic mass is 10.2. The topological polar surface area (TPSA) is 57.2 Å². The summed E-state index contributed by atoms with van der Waals surface area (Å²) in [5.74, 6) is -0.332. The van der Waals surface area contributed by atoms with E-state index in [1.54, 1.807) is 13.2 Å². The molecule has 0 aromatic heterocycles. The van der Waals surface area contributed by atoms with Gasteiger partial charge in [0.15, 0.2) is 11.6 Å². The van der Waals surface area contributed by atoms with E-state index in [-0.39, 0.29) is 19.0 Å². The second kappa shape index (κ2) is 10.6. The number of aliphatic hydroxyl groups excluding tert-OH is 1. The summed E-state index contributed by atoms with van der Waals surface area (Å²) in [4.78, 5) is 0. The Labute approximate surface area is 118 Å². The van der Waals surface area contributed by atoms with Gasteiger partial charge in [0.05, 0.1) is 39.6 Å². The Balaban J connectivity index is 2.06. The quantitative estimate of drug-likeness (QED) is 0.623. The number of aliphatic hydroxyl groups is 1. The highest BCUT2D eigenvalue weighted by Crippen LogP contribution is 2.18. The first-order valence-electron chi connectivity index (χ1n) is 6.44. The van der Waals surface area contributed by atoms with Crippen LogP contribution in [0.1, 0.15) is 5.56 Å². The van der Waals surface area contributed by atoms with Gasteiger partial charge in [-0.2, -0.15) is 0 Å². The average molecular weight is 288 g/mol. The molecule has 0 heterocycles. The standard InChI is InChI=1S/C14H21FO5/c1-17-4-5-18-6-7-19-8-9-20-14-3-2-12(11-16)10-13(14)15/h2-3,10,16H,4-9,11H2,1H3.